The SMILES string of the molecule is C[N+](C)(C)CCNCC(=O)N1CCCc2ccc(N)cc21. The summed E-state index contributed by atoms with van der Waals surface area (Å²) in [6.07, 6.45) is 2.04. The van der Waals surface area contributed by atoms with Crippen LogP contribution in [0.15, 0.2) is 18.2 Å². The highest BCUT2D eigenvalue weighted by Crippen LogP contribution is 2.28. The summed E-state index contributed by atoms with van der Waals surface area (Å²) in [5.41, 5.74) is 8.78. The predicted molar refractivity (Wildman–Crippen MR) is 87.3 cm³/mol. The van der Waals surface area contributed by atoms with Crippen LogP contribution in [0.25, 0.3) is 0 Å². The number of nitrogens with one attached hydrogen (secondary N) is 1. The lowest BCUT2D eigenvalue weighted by Gasteiger charge is -2.30. The molecule has 1 heterocycles. The largest absolute Gasteiger partial charge is 0.399 e. The molecule has 0 bridgehead atoms. The summed E-state index contributed by atoms with van der Waals surface area (Å²) < 4.78 is 0.893. The van der Waals surface area contributed by atoms with Crippen LogP contribution < -0.4 is 16.0 Å². The van der Waals surface area contributed by atoms with Crippen molar-refractivity contribution in [2.24, 2.45) is 0 Å². The van der Waals surface area contributed by atoms with Gasteiger partial charge in [0.2, 0.25) is 5.91 Å². The molecule has 116 valence electrons. The van der Waals surface area contributed by atoms with Crippen molar-refractivity contribution in [1.82, 2.24) is 5.32 Å². The van der Waals surface area contributed by atoms with Crippen LogP contribution in [0.2, 0.25) is 0 Å². The van der Waals surface area contributed by atoms with Crippen molar-refractivity contribution in [3.8, 4) is 0 Å². The van der Waals surface area contributed by atoms with Crippen LogP contribution in [0, 0.1) is 0 Å². The van der Waals surface area contributed by atoms with Gasteiger partial charge in [-0.15, -0.1) is 0 Å². The number of hydrogen-bond donors (Lipinski definition) is 2. The summed E-state index contributed by atoms with van der Waals surface area (Å²) in [6, 6.07) is 5.86. The Morgan fingerprint density at radius 2 is 2.14 bits per heavy atom. The molecule has 21 heavy (non-hydrogen) atoms. The van der Waals surface area contributed by atoms with Crippen LogP contribution in [0.5, 0.6) is 0 Å². The highest BCUT2D eigenvalue weighted by Gasteiger charge is 2.22. The van der Waals surface area contributed by atoms with Gasteiger partial charge < -0.3 is 20.4 Å². The molecule has 1 aliphatic heterocycles. The molecule has 0 saturated carbocycles. The number of likely N-dealkylation sites (N-methyl/N-ethyl adjacent to an activating group) is 1. The minimum absolute atomic E-state index is 0.128. The van der Waals surface area contributed by atoms with Gasteiger partial charge in [-0.2, -0.15) is 0 Å². The third-order valence-corrected chi connectivity index (χ3v) is 3.76. The molecule has 1 aliphatic rings. The maximum Gasteiger partial charge on any atom is 0.240 e. The maximum atomic E-state index is 12.4. The molecule has 5 heteroatoms. The van der Waals surface area contributed by atoms with Gasteiger partial charge in [-0.25, -0.2) is 0 Å². The number of anilines is 2. The van der Waals surface area contributed by atoms with E-state index < -0.39 is 0 Å². The molecule has 0 radical (unpaired) electrons. The first-order chi connectivity index (χ1) is 9.87. The molecule has 1 aromatic rings. The molecule has 5 nitrogen and oxygen atoms in total. The summed E-state index contributed by atoms with van der Waals surface area (Å²) in [6.45, 7) is 3.00. The van der Waals surface area contributed by atoms with Gasteiger partial charge in [-0.1, -0.05) is 6.07 Å². The lowest BCUT2D eigenvalue weighted by atomic mass is 10.0. The zero-order valence-electron chi connectivity index (χ0n) is 13.4. The normalized spacial score (nSPS) is 14.9. The zero-order valence-corrected chi connectivity index (χ0v) is 13.4. The van der Waals surface area contributed by atoms with Crippen molar-refractivity contribution in [3.63, 3.8) is 0 Å². The summed E-state index contributed by atoms with van der Waals surface area (Å²) in [4.78, 5) is 14.3. The number of amides is 1. The van der Waals surface area contributed by atoms with Crippen LogP contribution >= 0.6 is 0 Å². The van der Waals surface area contributed by atoms with Gasteiger partial charge in [-0.05, 0) is 30.5 Å². The van der Waals surface area contributed by atoms with Crippen LogP contribution in [-0.2, 0) is 11.2 Å². The van der Waals surface area contributed by atoms with E-state index >= 15 is 0 Å². The Kier molecular flexibility index (Phi) is 4.85. The fourth-order valence-corrected chi connectivity index (χ4v) is 2.56. The summed E-state index contributed by atoms with van der Waals surface area (Å²) in [5, 5.41) is 3.25. The Bertz CT molecular complexity index is 507. The van der Waals surface area contributed by atoms with E-state index in [1.165, 1.54) is 5.56 Å². The number of benzene rings is 1. The standard InChI is InChI=1S/C16H27N4O/c1-20(2,3)10-8-18-12-16(21)19-9-4-5-13-6-7-14(17)11-15(13)19/h6-7,11,18H,4-5,8-10,12,17H2,1-3H3/q+1. The number of rotatable bonds is 5. The van der Waals surface area contributed by atoms with Crippen LogP contribution in [0.1, 0.15) is 12.0 Å². The molecule has 0 fully saturated rings. The molecule has 0 aromatic heterocycles. The molecule has 0 unspecified atom stereocenters. The van der Waals surface area contributed by atoms with Crippen molar-refractivity contribution in [1.29, 1.82) is 0 Å². The van der Waals surface area contributed by atoms with Gasteiger partial charge in [-0.3, -0.25) is 4.79 Å². The van der Waals surface area contributed by atoms with E-state index in [4.69, 9.17) is 5.73 Å². The average Bonchev–Trinajstić information content (AvgIpc) is 2.41. The van der Waals surface area contributed by atoms with Crippen molar-refractivity contribution in [2.45, 2.75) is 12.8 Å². The molecule has 2 rings (SSSR count). The van der Waals surface area contributed by atoms with Gasteiger partial charge in [0.05, 0.1) is 34.2 Å². The van der Waals surface area contributed by atoms with Crippen LogP contribution in [-0.4, -0.2) is 57.7 Å². The van der Waals surface area contributed by atoms with Gasteiger partial charge in [0.25, 0.3) is 0 Å². The molecule has 0 atom stereocenters. The molecule has 0 saturated heterocycles. The minimum Gasteiger partial charge on any atom is -0.399 e. The number of aryl methyl sites for hydroxylation is 1. The number of nitrogen functional groups attached to an aromatic ring is 1. The number of carbonyl (C=O) groups is 1. The van der Waals surface area contributed by atoms with E-state index in [9.17, 15) is 4.79 Å². The monoisotopic (exact) mass is 291 g/mol. The number of quaternary nitrogens is 1. The number of carbonyl (C=O) groups excluding carboxylic acids is 1. The van der Waals surface area contributed by atoms with Crippen molar-refractivity contribution < 1.29 is 9.28 Å². The summed E-state index contributed by atoms with van der Waals surface area (Å²) in [7, 11) is 6.44. The van der Waals surface area contributed by atoms with E-state index in [0.29, 0.717) is 12.2 Å². The first-order valence-corrected chi connectivity index (χ1v) is 7.57. The maximum absolute atomic E-state index is 12.4. The predicted octanol–water partition coefficient (Wildman–Crippen LogP) is 0.844. The number of hydrogen-bond acceptors (Lipinski definition) is 3. The van der Waals surface area contributed by atoms with Gasteiger partial charge >= 0.3 is 0 Å². The van der Waals surface area contributed by atoms with Crippen molar-refractivity contribution >= 4 is 17.3 Å². The smallest absolute Gasteiger partial charge is 0.240 e. The van der Waals surface area contributed by atoms with Crippen molar-refractivity contribution in [2.75, 3.05) is 58.0 Å². The fourth-order valence-electron chi connectivity index (χ4n) is 2.56. The van der Waals surface area contributed by atoms with E-state index in [0.717, 1.165) is 42.6 Å². The van der Waals surface area contributed by atoms with Crippen molar-refractivity contribution in [3.05, 3.63) is 23.8 Å². The summed E-state index contributed by atoms with van der Waals surface area (Å²) in [5.74, 6) is 0.128. The Hall–Kier alpha value is -1.59. The van der Waals surface area contributed by atoms with E-state index in [-0.39, 0.29) is 5.91 Å². The Morgan fingerprint density at radius 3 is 2.86 bits per heavy atom. The second-order valence-corrected chi connectivity index (χ2v) is 6.73. The second-order valence-electron chi connectivity index (χ2n) is 6.73. The van der Waals surface area contributed by atoms with E-state index in [2.05, 4.69) is 26.5 Å². The third kappa shape index (κ3) is 4.44. The quantitative estimate of drug-likeness (QED) is 0.480. The second kappa shape index (κ2) is 6.45. The molecule has 1 aromatic carbocycles. The highest BCUT2D eigenvalue weighted by molar-refractivity contribution is 5.96. The number of nitrogens with two attached hydrogens (primary N) is 1. The average molecular weight is 291 g/mol. The molecule has 0 aliphatic carbocycles. The van der Waals surface area contributed by atoms with Gasteiger partial charge in [0, 0.05) is 24.5 Å². The van der Waals surface area contributed by atoms with E-state index in [1.54, 1.807) is 0 Å². The Labute approximate surface area is 127 Å². The zero-order chi connectivity index (χ0) is 15.5. The lowest BCUT2D eigenvalue weighted by Crippen LogP contribution is -2.45. The summed E-state index contributed by atoms with van der Waals surface area (Å²) >= 11 is 0. The molecule has 3 N–H and O–H groups in total. The number of fused-ring (bicyclic) bond motifs is 1. The Balaban J connectivity index is 1.94. The first kappa shape index (κ1) is 15.8. The molecule has 1 amide bonds. The van der Waals surface area contributed by atoms with Gasteiger partial charge in [0.15, 0.2) is 0 Å². The third-order valence-electron chi connectivity index (χ3n) is 3.76. The van der Waals surface area contributed by atoms with Crippen LogP contribution in [0.4, 0.5) is 11.4 Å². The Morgan fingerprint density at radius 1 is 1.38 bits per heavy atom. The lowest BCUT2D eigenvalue weighted by molar-refractivity contribution is -0.869. The molecular formula is C16H27N4O+. The van der Waals surface area contributed by atoms with Gasteiger partial charge in [0.1, 0.15) is 0 Å². The first-order valence-electron chi connectivity index (χ1n) is 7.57. The van der Waals surface area contributed by atoms with Crippen LogP contribution in [0.3, 0.4) is 0 Å². The number of nitrogens with zero attached hydrogens (tertiary/aromatic N) is 2. The van der Waals surface area contributed by atoms with E-state index in [1.807, 2.05) is 23.1 Å². The topological polar surface area (TPSA) is 58.4 Å². The fraction of sp³-hybridized carbons (Fsp3) is 0.562. The highest BCUT2D eigenvalue weighted by atomic mass is 16.2. The molecule has 0 spiro atoms. The minimum atomic E-state index is 0.128. The molecular weight excluding hydrogens is 264 g/mol.